The van der Waals surface area contributed by atoms with Crippen LogP contribution in [0.25, 0.3) is 0 Å². The summed E-state index contributed by atoms with van der Waals surface area (Å²) in [6.45, 7) is 2.44. The maximum atomic E-state index is 13.3. The van der Waals surface area contributed by atoms with Crippen molar-refractivity contribution in [3.8, 4) is 5.75 Å². The number of methoxy groups -OCH3 is 1. The molecule has 20 heavy (non-hydrogen) atoms. The molecular weight excluding hydrogens is 345 g/mol. The van der Waals surface area contributed by atoms with Gasteiger partial charge in [-0.3, -0.25) is 0 Å². The second-order valence-electron chi connectivity index (χ2n) is 4.39. The van der Waals surface area contributed by atoms with Crippen molar-refractivity contribution in [2.75, 3.05) is 12.4 Å². The molecule has 106 valence electrons. The van der Waals surface area contributed by atoms with Crippen molar-refractivity contribution in [3.63, 3.8) is 0 Å². The number of halogens is 3. The molecule has 2 aromatic carbocycles. The molecule has 0 fully saturated rings. The van der Waals surface area contributed by atoms with Crippen molar-refractivity contribution in [2.45, 2.75) is 13.5 Å². The van der Waals surface area contributed by atoms with E-state index in [0.29, 0.717) is 17.3 Å². The molecule has 0 aromatic heterocycles. The molecule has 0 radical (unpaired) electrons. The molecular formula is C15H14BrClFNO. The molecule has 5 heteroatoms. The van der Waals surface area contributed by atoms with E-state index < -0.39 is 0 Å². The first-order chi connectivity index (χ1) is 9.51. The molecule has 0 atom stereocenters. The molecule has 0 aliphatic heterocycles. The standard InChI is InChI=1S/C15H14BrClFNO/c1-9-3-4-12(18)5-10(9)8-19-14-7-11(17)6-13(16)15(14)20-2/h3-7,19H,8H2,1-2H3. The monoisotopic (exact) mass is 357 g/mol. The fourth-order valence-corrected chi connectivity index (χ4v) is 2.89. The Bertz CT molecular complexity index is 634. The average molecular weight is 359 g/mol. The van der Waals surface area contributed by atoms with Gasteiger partial charge in [-0.2, -0.15) is 0 Å². The fraction of sp³-hybridized carbons (Fsp3) is 0.200. The van der Waals surface area contributed by atoms with E-state index >= 15 is 0 Å². The van der Waals surface area contributed by atoms with Crippen molar-refractivity contribution < 1.29 is 9.13 Å². The summed E-state index contributed by atoms with van der Waals surface area (Å²) in [4.78, 5) is 0. The zero-order valence-corrected chi connectivity index (χ0v) is 13.5. The highest BCUT2D eigenvalue weighted by atomic mass is 79.9. The van der Waals surface area contributed by atoms with Crippen LogP contribution in [0.1, 0.15) is 11.1 Å². The summed E-state index contributed by atoms with van der Waals surface area (Å²) in [5.41, 5.74) is 2.68. The third-order valence-electron chi connectivity index (χ3n) is 2.99. The van der Waals surface area contributed by atoms with Crippen LogP contribution in [0, 0.1) is 12.7 Å². The Hall–Kier alpha value is -1.26. The van der Waals surface area contributed by atoms with Crippen LogP contribution < -0.4 is 10.1 Å². The van der Waals surface area contributed by atoms with E-state index in [-0.39, 0.29) is 5.82 Å². The first-order valence-corrected chi connectivity index (χ1v) is 7.20. The molecule has 0 aliphatic rings. The summed E-state index contributed by atoms with van der Waals surface area (Å²) in [7, 11) is 1.59. The van der Waals surface area contributed by atoms with Gasteiger partial charge in [0.15, 0.2) is 5.75 Å². The predicted molar refractivity (Wildman–Crippen MR) is 84.2 cm³/mol. The van der Waals surface area contributed by atoms with E-state index in [0.717, 1.165) is 21.3 Å². The summed E-state index contributed by atoms with van der Waals surface area (Å²) in [5.74, 6) is 0.426. The number of hydrogen-bond donors (Lipinski definition) is 1. The van der Waals surface area contributed by atoms with E-state index in [9.17, 15) is 4.39 Å². The van der Waals surface area contributed by atoms with Gasteiger partial charge in [0.1, 0.15) is 5.82 Å². The van der Waals surface area contributed by atoms with Gasteiger partial charge in [0, 0.05) is 11.6 Å². The summed E-state index contributed by atoms with van der Waals surface area (Å²) in [6.07, 6.45) is 0. The lowest BCUT2D eigenvalue weighted by Gasteiger charge is -2.14. The number of aryl methyl sites for hydroxylation is 1. The van der Waals surface area contributed by atoms with Crippen molar-refractivity contribution in [2.24, 2.45) is 0 Å². The van der Waals surface area contributed by atoms with Crippen LogP contribution in [0.2, 0.25) is 5.02 Å². The lowest BCUT2D eigenvalue weighted by atomic mass is 10.1. The van der Waals surface area contributed by atoms with E-state index in [2.05, 4.69) is 21.2 Å². The second-order valence-corrected chi connectivity index (χ2v) is 5.68. The number of anilines is 1. The molecule has 2 rings (SSSR count). The number of rotatable bonds is 4. The zero-order chi connectivity index (χ0) is 14.7. The van der Waals surface area contributed by atoms with Gasteiger partial charge in [0.25, 0.3) is 0 Å². The Labute approximate surface area is 131 Å². The second kappa shape index (κ2) is 6.46. The van der Waals surface area contributed by atoms with E-state index in [1.807, 2.05) is 6.92 Å². The number of ether oxygens (including phenoxy) is 1. The van der Waals surface area contributed by atoms with Crippen molar-refractivity contribution in [1.29, 1.82) is 0 Å². The summed E-state index contributed by atoms with van der Waals surface area (Å²) in [6, 6.07) is 8.28. The Balaban J connectivity index is 2.24. The highest BCUT2D eigenvalue weighted by Crippen LogP contribution is 2.36. The number of hydrogen-bond acceptors (Lipinski definition) is 2. The maximum Gasteiger partial charge on any atom is 0.156 e. The summed E-state index contributed by atoms with van der Waals surface area (Å²) >= 11 is 9.43. The SMILES string of the molecule is COc1c(Br)cc(Cl)cc1NCc1cc(F)ccc1C. The van der Waals surface area contributed by atoms with Crippen LogP contribution in [0.4, 0.5) is 10.1 Å². The quantitative estimate of drug-likeness (QED) is 0.814. The fourth-order valence-electron chi connectivity index (χ4n) is 1.92. The molecule has 2 nitrogen and oxygen atoms in total. The van der Waals surface area contributed by atoms with Gasteiger partial charge in [0.05, 0.1) is 17.3 Å². The van der Waals surface area contributed by atoms with Gasteiger partial charge in [-0.1, -0.05) is 17.7 Å². The summed E-state index contributed by atoms with van der Waals surface area (Å²) in [5, 5.41) is 3.82. The van der Waals surface area contributed by atoms with Gasteiger partial charge in [0.2, 0.25) is 0 Å². The predicted octanol–water partition coefficient (Wildman–Crippen LogP) is 5.17. The molecule has 0 saturated heterocycles. The molecule has 0 spiro atoms. The van der Waals surface area contributed by atoms with Crippen LogP contribution in [0.3, 0.4) is 0 Å². The maximum absolute atomic E-state index is 13.3. The average Bonchev–Trinajstić information content (AvgIpc) is 2.39. The van der Waals surface area contributed by atoms with Crippen LogP contribution in [0.5, 0.6) is 5.75 Å². The van der Waals surface area contributed by atoms with Gasteiger partial charge in [-0.05, 0) is 58.2 Å². The molecule has 0 amide bonds. The van der Waals surface area contributed by atoms with Gasteiger partial charge < -0.3 is 10.1 Å². The Morgan fingerprint density at radius 3 is 2.75 bits per heavy atom. The van der Waals surface area contributed by atoms with Crippen molar-refractivity contribution in [1.82, 2.24) is 0 Å². The molecule has 0 saturated carbocycles. The molecule has 0 bridgehead atoms. The first kappa shape index (κ1) is 15.1. The summed E-state index contributed by atoms with van der Waals surface area (Å²) < 4.78 is 19.4. The Kier molecular flexibility index (Phi) is 4.89. The van der Waals surface area contributed by atoms with Crippen LogP contribution in [0.15, 0.2) is 34.8 Å². The first-order valence-electron chi connectivity index (χ1n) is 6.03. The molecule has 0 unspecified atom stereocenters. The highest BCUT2D eigenvalue weighted by Gasteiger charge is 2.10. The minimum Gasteiger partial charge on any atom is -0.493 e. The molecule has 0 aliphatic carbocycles. The lowest BCUT2D eigenvalue weighted by molar-refractivity contribution is 0.414. The third-order valence-corrected chi connectivity index (χ3v) is 3.80. The zero-order valence-electron chi connectivity index (χ0n) is 11.1. The largest absolute Gasteiger partial charge is 0.493 e. The van der Waals surface area contributed by atoms with E-state index in [4.69, 9.17) is 16.3 Å². The molecule has 2 aromatic rings. The highest BCUT2D eigenvalue weighted by molar-refractivity contribution is 9.10. The molecule has 0 heterocycles. The van der Waals surface area contributed by atoms with Crippen molar-refractivity contribution in [3.05, 3.63) is 56.8 Å². The minimum atomic E-state index is -0.244. The Morgan fingerprint density at radius 1 is 1.30 bits per heavy atom. The van der Waals surface area contributed by atoms with Gasteiger partial charge >= 0.3 is 0 Å². The lowest BCUT2D eigenvalue weighted by Crippen LogP contribution is -2.04. The van der Waals surface area contributed by atoms with Crippen molar-refractivity contribution >= 4 is 33.2 Å². The topological polar surface area (TPSA) is 21.3 Å². The van der Waals surface area contributed by atoms with Crippen LogP contribution in [-0.4, -0.2) is 7.11 Å². The normalized spacial score (nSPS) is 10.4. The van der Waals surface area contributed by atoms with E-state index in [1.165, 1.54) is 12.1 Å². The van der Waals surface area contributed by atoms with Gasteiger partial charge in [-0.15, -0.1) is 0 Å². The number of benzene rings is 2. The minimum absolute atomic E-state index is 0.244. The Morgan fingerprint density at radius 2 is 2.05 bits per heavy atom. The van der Waals surface area contributed by atoms with Gasteiger partial charge in [-0.25, -0.2) is 4.39 Å². The smallest absolute Gasteiger partial charge is 0.156 e. The third kappa shape index (κ3) is 3.44. The van der Waals surface area contributed by atoms with Crippen LogP contribution in [-0.2, 0) is 6.54 Å². The molecule has 1 N–H and O–H groups in total. The van der Waals surface area contributed by atoms with E-state index in [1.54, 1.807) is 25.3 Å². The van der Waals surface area contributed by atoms with Crippen LogP contribution >= 0.6 is 27.5 Å². The number of nitrogens with one attached hydrogen (secondary N) is 1.